The van der Waals surface area contributed by atoms with Gasteiger partial charge in [0.15, 0.2) is 0 Å². The van der Waals surface area contributed by atoms with Crippen LogP contribution in [0.2, 0.25) is 0 Å². The predicted octanol–water partition coefficient (Wildman–Crippen LogP) is 2.16. The molecule has 17 heavy (non-hydrogen) atoms. The van der Waals surface area contributed by atoms with E-state index in [4.69, 9.17) is 9.84 Å². The summed E-state index contributed by atoms with van der Waals surface area (Å²) in [5.74, 6) is 0.831. The maximum atomic E-state index is 9.00. The van der Waals surface area contributed by atoms with Crippen molar-refractivity contribution in [2.24, 2.45) is 0 Å². The Balaban J connectivity index is 2.40. The van der Waals surface area contributed by atoms with Crippen LogP contribution < -0.4 is 4.74 Å². The molecule has 1 heterocycles. The Hall–Kier alpha value is -1.08. The van der Waals surface area contributed by atoms with E-state index in [-0.39, 0.29) is 6.61 Å². The van der Waals surface area contributed by atoms with Crippen LogP contribution in [0.1, 0.15) is 0 Å². The Morgan fingerprint density at radius 1 is 1.35 bits per heavy atom. The molecule has 1 N–H and O–H groups in total. The Kier molecular flexibility index (Phi) is 4.01. The SMILES string of the molecule is COc1ccc(-c2c(I)cnn2CCO)cc1. The van der Waals surface area contributed by atoms with Crippen molar-refractivity contribution in [1.82, 2.24) is 9.78 Å². The minimum Gasteiger partial charge on any atom is -0.497 e. The van der Waals surface area contributed by atoms with Crippen LogP contribution >= 0.6 is 22.6 Å². The van der Waals surface area contributed by atoms with Gasteiger partial charge in [-0.2, -0.15) is 5.10 Å². The second kappa shape index (κ2) is 5.50. The number of ether oxygens (including phenoxy) is 1. The number of aliphatic hydroxyl groups excluding tert-OH is 1. The van der Waals surface area contributed by atoms with Gasteiger partial charge in [-0.3, -0.25) is 4.68 Å². The first-order valence-electron chi connectivity index (χ1n) is 5.23. The topological polar surface area (TPSA) is 47.3 Å². The number of aromatic nitrogens is 2. The molecule has 0 saturated carbocycles. The summed E-state index contributed by atoms with van der Waals surface area (Å²) < 4.78 is 8.01. The lowest BCUT2D eigenvalue weighted by Crippen LogP contribution is -2.05. The van der Waals surface area contributed by atoms with Crippen LogP contribution in [0.25, 0.3) is 11.3 Å². The first kappa shape index (κ1) is 12.4. The summed E-state index contributed by atoms with van der Waals surface area (Å²) in [6.07, 6.45) is 1.80. The van der Waals surface area contributed by atoms with Gasteiger partial charge in [0.2, 0.25) is 0 Å². The molecular weight excluding hydrogens is 331 g/mol. The molecule has 5 heteroatoms. The summed E-state index contributed by atoms with van der Waals surface area (Å²) in [6.45, 7) is 0.589. The van der Waals surface area contributed by atoms with Gasteiger partial charge in [-0.25, -0.2) is 0 Å². The van der Waals surface area contributed by atoms with Crippen molar-refractivity contribution in [3.8, 4) is 17.0 Å². The number of hydrogen-bond acceptors (Lipinski definition) is 3. The van der Waals surface area contributed by atoms with E-state index in [1.807, 2.05) is 28.9 Å². The number of rotatable bonds is 4. The second-order valence-electron chi connectivity index (χ2n) is 3.52. The van der Waals surface area contributed by atoms with Crippen LogP contribution in [0.3, 0.4) is 0 Å². The third-order valence-corrected chi connectivity index (χ3v) is 3.26. The van der Waals surface area contributed by atoms with Crippen molar-refractivity contribution in [3.63, 3.8) is 0 Å². The number of nitrogens with zero attached hydrogens (tertiary/aromatic N) is 2. The molecule has 0 saturated heterocycles. The normalized spacial score (nSPS) is 10.5. The van der Waals surface area contributed by atoms with E-state index < -0.39 is 0 Å². The van der Waals surface area contributed by atoms with Crippen LogP contribution in [-0.2, 0) is 6.54 Å². The van der Waals surface area contributed by atoms with Crippen LogP contribution in [0.4, 0.5) is 0 Å². The number of hydrogen-bond donors (Lipinski definition) is 1. The van der Waals surface area contributed by atoms with Crippen LogP contribution in [0.5, 0.6) is 5.75 Å². The maximum Gasteiger partial charge on any atom is 0.118 e. The average molecular weight is 344 g/mol. The number of aliphatic hydroxyl groups is 1. The Bertz CT molecular complexity index is 494. The standard InChI is InChI=1S/C12H13IN2O2/c1-17-10-4-2-9(3-5-10)12-11(13)8-14-15(12)6-7-16/h2-5,8,16H,6-7H2,1H3. The first-order chi connectivity index (χ1) is 8.26. The highest BCUT2D eigenvalue weighted by atomic mass is 127. The van der Waals surface area contributed by atoms with E-state index >= 15 is 0 Å². The summed E-state index contributed by atoms with van der Waals surface area (Å²) in [4.78, 5) is 0. The van der Waals surface area contributed by atoms with E-state index in [0.717, 1.165) is 20.6 Å². The molecule has 0 fully saturated rings. The average Bonchev–Trinajstić information content (AvgIpc) is 2.71. The highest BCUT2D eigenvalue weighted by Crippen LogP contribution is 2.26. The third kappa shape index (κ3) is 2.61. The number of methoxy groups -OCH3 is 1. The summed E-state index contributed by atoms with van der Waals surface area (Å²) in [6, 6.07) is 7.82. The van der Waals surface area contributed by atoms with Gasteiger partial charge < -0.3 is 9.84 Å². The minimum absolute atomic E-state index is 0.0842. The Labute approximate surface area is 113 Å². The van der Waals surface area contributed by atoms with Gasteiger partial charge in [0.05, 0.1) is 35.7 Å². The van der Waals surface area contributed by atoms with Crippen LogP contribution in [0, 0.1) is 3.57 Å². The van der Waals surface area contributed by atoms with Crippen LogP contribution in [-0.4, -0.2) is 28.6 Å². The molecule has 2 rings (SSSR count). The molecule has 0 spiro atoms. The highest BCUT2D eigenvalue weighted by molar-refractivity contribution is 14.1. The van der Waals surface area contributed by atoms with Gasteiger partial charge in [-0.1, -0.05) is 0 Å². The lowest BCUT2D eigenvalue weighted by Gasteiger charge is -2.07. The minimum atomic E-state index is 0.0842. The quantitative estimate of drug-likeness (QED) is 0.865. The Morgan fingerprint density at radius 3 is 2.65 bits per heavy atom. The summed E-state index contributed by atoms with van der Waals surface area (Å²) >= 11 is 2.25. The van der Waals surface area contributed by atoms with E-state index in [2.05, 4.69) is 27.7 Å². The van der Waals surface area contributed by atoms with Gasteiger partial charge in [0.1, 0.15) is 5.75 Å². The summed E-state index contributed by atoms with van der Waals surface area (Å²) in [5.41, 5.74) is 2.10. The molecule has 0 bridgehead atoms. The van der Waals surface area contributed by atoms with E-state index in [1.165, 1.54) is 0 Å². The van der Waals surface area contributed by atoms with E-state index in [9.17, 15) is 0 Å². The molecule has 0 unspecified atom stereocenters. The lowest BCUT2D eigenvalue weighted by molar-refractivity contribution is 0.270. The molecule has 1 aromatic carbocycles. The van der Waals surface area contributed by atoms with Crippen molar-refractivity contribution < 1.29 is 9.84 Å². The largest absolute Gasteiger partial charge is 0.497 e. The fraction of sp³-hybridized carbons (Fsp3) is 0.250. The van der Waals surface area contributed by atoms with Gasteiger partial charge in [-0.05, 0) is 46.9 Å². The molecule has 90 valence electrons. The predicted molar refractivity (Wildman–Crippen MR) is 74.0 cm³/mol. The molecule has 4 nitrogen and oxygen atoms in total. The van der Waals surface area contributed by atoms with Gasteiger partial charge in [0.25, 0.3) is 0 Å². The zero-order valence-electron chi connectivity index (χ0n) is 9.43. The van der Waals surface area contributed by atoms with Crippen molar-refractivity contribution in [2.45, 2.75) is 6.54 Å². The van der Waals surface area contributed by atoms with Crippen molar-refractivity contribution >= 4 is 22.6 Å². The van der Waals surface area contributed by atoms with Crippen LogP contribution in [0.15, 0.2) is 30.5 Å². The first-order valence-corrected chi connectivity index (χ1v) is 6.30. The molecule has 0 aliphatic carbocycles. The highest BCUT2D eigenvalue weighted by Gasteiger charge is 2.10. The third-order valence-electron chi connectivity index (χ3n) is 2.47. The molecule has 0 atom stereocenters. The lowest BCUT2D eigenvalue weighted by atomic mass is 10.1. The van der Waals surface area contributed by atoms with Gasteiger partial charge in [0, 0.05) is 5.56 Å². The van der Waals surface area contributed by atoms with Crippen molar-refractivity contribution in [3.05, 3.63) is 34.0 Å². The zero-order valence-corrected chi connectivity index (χ0v) is 11.6. The molecule has 0 aliphatic heterocycles. The zero-order chi connectivity index (χ0) is 12.3. The number of halogens is 1. The monoisotopic (exact) mass is 344 g/mol. The summed E-state index contributed by atoms with van der Waals surface area (Å²) in [7, 11) is 1.65. The molecule has 2 aromatic rings. The fourth-order valence-corrected chi connectivity index (χ4v) is 2.38. The Morgan fingerprint density at radius 2 is 2.06 bits per heavy atom. The second-order valence-corrected chi connectivity index (χ2v) is 4.68. The van der Waals surface area contributed by atoms with Crippen molar-refractivity contribution in [2.75, 3.05) is 13.7 Å². The van der Waals surface area contributed by atoms with E-state index in [1.54, 1.807) is 13.3 Å². The van der Waals surface area contributed by atoms with Crippen molar-refractivity contribution in [1.29, 1.82) is 0 Å². The molecule has 0 amide bonds. The van der Waals surface area contributed by atoms with Gasteiger partial charge in [-0.15, -0.1) is 0 Å². The maximum absolute atomic E-state index is 9.00. The number of benzene rings is 1. The van der Waals surface area contributed by atoms with E-state index in [0.29, 0.717) is 6.54 Å². The molecule has 0 aliphatic rings. The smallest absolute Gasteiger partial charge is 0.118 e. The molecule has 1 aromatic heterocycles. The molecule has 0 radical (unpaired) electrons. The fourth-order valence-electron chi connectivity index (χ4n) is 1.66. The molecular formula is C12H13IN2O2. The summed E-state index contributed by atoms with van der Waals surface area (Å²) in [5, 5.41) is 13.2. The van der Waals surface area contributed by atoms with Gasteiger partial charge >= 0.3 is 0 Å².